The van der Waals surface area contributed by atoms with Crippen molar-refractivity contribution in [2.75, 3.05) is 18.5 Å². The maximum atomic E-state index is 13.0. The summed E-state index contributed by atoms with van der Waals surface area (Å²) in [5.74, 6) is 0.232. The Morgan fingerprint density at radius 2 is 2.07 bits per heavy atom. The van der Waals surface area contributed by atoms with Gasteiger partial charge in [-0.2, -0.15) is 5.10 Å². The third-order valence-corrected chi connectivity index (χ3v) is 5.39. The van der Waals surface area contributed by atoms with Crippen LogP contribution in [0.4, 0.5) is 5.82 Å². The van der Waals surface area contributed by atoms with Crippen molar-refractivity contribution in [2.45, 2.75) is 71.1 Å². The number of carbonyl (C=O) groups is 3. The highest BCUT2D eigenvalue weighted by molar-refractivity contribution is 6.08. The molecule has 0 bridgehead atoms. The molecule has 154 valence electrons. The molecular weight excluding hydrogens is 360 g/mol. The lowest BCUT2D eigenvalue weighted by atomic mass is 9.97. The molecule has 1 aromatic rings. The summed E-state index contributed by atoms with van der Waals surface area (Å²) in [6.45, 7) is 5.12. The highest BCUT2D eigenvalue weighted by atomic mass is 16.5. The lowest BCUT2D eigenvalue weighted by Crippen LogP contribution is -2.46. The Kier molecular flexibility index (Phi) is 6.83. The molecule has 0 aromatic carbocycles. The minimum absolute atomic E-state index is 0.0324. The van der Waals surface area contributed by atoms with Gasteiger partial charge in [0.1, 0.15) is 6.04 Å². The van der Waals surface area contributed by atoms with Gasteiger partial charge in [-0.05, 0) is 26.2 Å². The van der Waals surface area contributed by atoms with Gasteiger partial charge in [0.15, 0.2) is 11.6 Å². The first-order valence-corrected chi connectivity index (χ1v) is 10.2. The second-order valence-electron chi connectivity index (χ2n) is 8.01. The van der Waals surface area contributed by atoms with Crippen molar-refractivity contribution in [2.24, 2.45) is 5.92 Å². The molecular formula is C20H30N4O4. The second kappa shape index (κ2) is 9.32. The summed E-state index contributed by atoms with van der Waals surface area (Å²) in [6.07, 6.45) is 6.92. The predicted octanol–water partition coefficient (Wildman–Crippen LogP) is 2.00. The Balaban J connectivity index is 1.63. The van der Waals surface area contributed by atoms with Crippen LogP contribution in [0.2, 0.25) is 0 Å². The molecule has 1 atom stereocenters. The van der Waals surface area contributed by atoms with Crippen molar-refractivity contribution < 1.29 is 19.1 Å². The summed E-state index contributed by atoms with van der Waals surface area (Å²) in [6, 6.07) is 1.12. The molecule has 28 heavy (non-hydrogen) atoms. The number of nitrogens with zero attached hydrogens (tertiary/aromatic N) is 3. The summed E-state index contributed by atoms with van der Waals surface area (Å²) in [4.78, 5) is 38.4. The van der Waals surface area contributed by atoms with Crippen LogP contribution in [0.5, 0.6) is 0 Å². The number of anilines is 1. The molecule has 1 aliphatic heterocycles. The van der Waals surface area contributed by atoms with Crippen molar-refractivity contribution in [1.29, 1.82) is 0 Å². The van der Waals surface area contributed by atoms with E-state index in [1.54, 1.807) is 16.9 Å². The lowest BCUT2D eigenvalue weighted by molar-refractivity contribution is -0.135. The van der Waals surface area contributed by atoms with E-state index in [1.165, 1.54) is 4.90 Å². The number of rotatable bonds is 9. The maximum absolute atomic E-state index is 13.0. The highest BCUT2D eigenvalue weighted by Crippen LogP contribution is 2.31. The number of carbonyl (C=O) groups excluding carboxylic acids is 3. The summed E-state index contributed by atoms with van der Waals surface area (Å²) in [5, 5.41) is 7.19. The number of ketones is 1. The molecule has 8 nitrogen and oxygen atoms in total. The molecule has 2 heterocycles. The minimum atomic E-state index is -0.614. The number of aromatic nitrogens is 2. The van der Waals surface area contributed by atoms with Gasteiger partial charge in [0.2, 0.25) is 11.8 Å². The van der Waals surface area contributed by atoms with Crippen LogP contribution in [0.15, 0.2) is 12.3 Å². The van der Waals surface area contributed by atoms with Crippen LogP contribution in [0.25, 0.3) is 0 Å². The molecule has 1 aromatic heterocycles. The van der Waals surface area contributed by atoms with E-state index in [-0.39, 0.29) is 36.7 Å². The van der Waals surface area contributed by atoms with Crippen LogP contribution in [0.1, 0.15) is 52.4 Å². The first kappa shape index (κ1) is 20.5. The van der Waals surface area contributed by atoms with Crippen molar-refractivity contribution in [3.63, 3.8) is 0 Å². The molecule has 2 fully saturated rings. The van der Waals surface area contributed by atoms with E-state index in [9.17, 15) is 14.4 Å². The van der Waals surface area contributed by atoms with Crippen molar-refractivity contribution in [1.82, 2.24) is 14.7 Å². The van der Waals surface area contributed by atoms with E-state index in [1.807, 2.05) is 13.8 Å². The lowest BCUT2D eigenvalue weighted by Gasteiger charge is -2.28. The van der Waals surface area contributed by atoms with Crippen LogP contribution in [0, 0.1) is 5.92 Å². The maximum Gasteiger partial charge on any atom is 0.248 e. The summed E-state index contributed by atoms with van der Waals surface area (Å²) >= 11 is 0. The molecule has 1 N–H and O–H groups in total. The van der Waals surface area contributed by atoms with Gasteiger partial charge in [-0.15, -0.1) is 0 Å². The monoisotopic (exact) mass is 390 g/mol. The van der Waals surface area contributed by atoms with Gasteiger partial charge in [0.05, 0.1) is 32.2 Å². The normalized spacial score (nSPS) is 19.0. The Hall–Kier alpha value is -2.22. The number of hydrogen-bond acceptors (Lipinski definition) is 5. The van der Waals surface area contributed by atoms with Crippen molar-refractivity contribution in [3.8, 4) is 0 Å². The van der Waals surface area contributed by atoms with Gasteiger partial charge < -0.3 is 15.0 Å². The van der Waals surface area contributed by atoms with Gasteiger partial charge in [0.25, 0.3) is 0 Å². The second-order valence-corrected chi connectivity index (χ2v) is 8.01. The molecule has 0 radical (unpaired) electrons. The molecule has 3 rings (SSSR count). The SMILES string of the molecule is CC(C)OCCn1ccc(NC(=O)[C@H](CC2CCCC2)N2CC(=O)CC2=O)n1. The number of amides is 2. The fourth-order valence-electron chi connectivity index (χ4n) is 3.97. The molecule has 2 amide bonds. The van der Waals surface area contributed by atoms with Crippen molar-refractivity contribution >= 4 is 23.4 Å². The average Bonchev–Trinajstić information content (AvgIpc) is 3.35. The fraction of sp³-hybridized carbons (Fsp3) is 0.700. The van der Waals surface area contributed by atoms with E-state index in [0.717, 1.165) is 25.7 Å². The van der Waals surface area contributed by atoms with E-state index >= 15 is 0 Å². The molecule has 1 aliphatic carbocycles. The first-order valence-electron chi connectivity index (χ1n) is 10.2. The number of hydrogen-bond donors (Lipinski definition) is 1. The standard InChI is InChI=1S/C20H30N4O4/c1-14(2)28-10-9-23-8-7-18(22-23)21-20(27)17(11-15-5-3-4-6-15)24-13-16(25)12-19(24)26/h7-8,14-15,17H,3-6,9-13H2,1-2H3,(H,21,22,27)/t17-/m0/s1. The van der Waals surface area contributed by atoms with Crippen LogP contribution >= 0.6 is 0 Å². The molecule has 8 heteroatoms. The number of nitrogens with one attached hydrogen (secondary N) is 1. The molecule has 2 aliphatic rings. The van der Waals surface area contributed by atoms with Crippen LogP contribution in [-0.2, 0) is 25.7 Å². The smallest absolute Gasteiger partial charge is 0.248 e. The largest absolute Gasteiger partial charge is 0.377 e. The minimum Gasteiger partial charge on any atom is -0.377 e. The van der Waals surface area contributed by atoms with Crippen LogP contribution in [-0.4, -0.2) is 57.6 Å². The Morgan fingerprint density at radius 1 is 1.32 bits per heavy atom. The predicted molar refractivity (Wildman–Crippen MR) is 104 cm³/mol. The van der Waals surface area contributed by atoms with E-state index in [2.05, 4.69) is 10.4 Å². The number of Topliss-reactive ketones (excluding diaryl/α,β-unsaturated/α-hetero) is 1. The zero-order chi connectivity index (χ0) is 20.1. The van der Waals surface area contributed by atoms with E-state index < -0.39 is 6.04 Å². The average molecular weight is 390 g/mol. The van der Waals surface area contributed by atoms with Crippen LogP contribution < -0.4 is 5.32 Å². The van der Waals surface area contributed by atoms with Crippen molar-refractivity contribution in [3.05, 3.63) is 12.3 Å². The Bertz CT molecular complexity index is 709. The molecule has 1 saturated heterocycles. The Labute approximate surface area is 165 Å². The van der Waals surface area contributed by atoms with Crippen LogP contribution in [0.3, 0.4) is 0 Å². The Morgan fingerprint density at radius 3 is 2.71 bits per heavy atom. The molecule has 1 saturated carbocycles. The van der Waals surface area contributed by atoms with Gasteiger partial charge in [-0.25, -0.2) is 0 Å². The van der Waals surface area contributed by atoms with Gasteiger partial charge in [0, 0.05) is 12.3 Å². The van der Waals surface area contributed by atoms with E-state index in [0.29, 0.717) is 31.3 Å². The first-order chi connectivity index (χ1) is 13.4. The van der Waals surface area contributed by atoms with Gasteiger partial charge in [-0.1, -0.05) is 25.7 Å². The topological polar surface area (TPSA) is 93.5 Å². The number of ether oxygens (including phenoxy) is 1. The number of likely N-dealkylation sites (tertiary alicyclic amines) is 1. The molecule has 0 spiro atoms. The van der Waals surface area contributed by atoms with Gasteiger partial charge in [-0.3, -0.25) is 19.1 Å². The zero-order valence-corrected chi connectivity index (χ0v) is 16.7. The summed E-state index contributed by atoms with van der Waals surface area (Å²) < 4.78 is 7.23. The summed E-state index contributed by atoms with van der Waals surface area (Å²) in [5.41, 5.74) is 0. The van der Waals surface area contributed by atoms with Gasteiger partial charge >= 0.3 is 0 Å². The fourth-order valence-corrected chi connectivity index (χ4v) is 3.97. The summed E-state index contributed by atoms with van der Waals surface area (Å²) in [7, 11) is 0. The zero-order valence-electron chi connectivity index (χ0n) is 16.7. The molecule has 0 unspecified atom stereocenters. The highest BCUT2D eigenvalue weighted by Gasteiger charge is 2.38. The van der Waals surface area contributed by atoms with E-state index in [4.69, 9.17) is 4.74 Å². The third-order valence-electron chi connectivity index (χ3n) is 5.39. The third kappa shape index (κ3) is 5.41. The quantitative estimate of drug-likeness (QED) is 0.651.